The van der Waals surface area contributed by atoms with Crippen LogP contribution in [0.25, 0.3) is 16.9 Å². The third kappa shape index (κ3) is 3.78. The molecule has 1 aromatic carbocycles. The Labute approximate surface area is 199 Å². The summed E-state index contributed by atoms with van der Waals surface area (Å²) in [5, 5.41) is 1.70. The predicted molar refractivity (Wildman–Crippen MR) is 120 cm³/mol. The van der Waals surface area contributed by atoms with Crippen LogP contribution < -0.4 is 5.73 Å². The molecule has 5 rings (SSSR count). The number of amides is 1. The van der Waals surface area contributed by atoms with Crippen LogP contribution in [-0.2, 0) is 11.0 Å². The van der Waals surface area contributed by atoms with E-state index >= 15 is 0 Å². The quantitative estimate of drug-likeness (QED) is 0.289. The summed E-state index contributed by atoms with van der Waals surface area (Å²) >= 11 is 7.71. The summed E-state index contributed by atoms with van der Waals surface area (Å²) in [6.45, 7) is 0.328. The van der Waals surface area contributed by atoms with Gasteiger partial charge in [-0.3, -0.25) is 9.20 Å². The van der Waals surface area contributed by atoms with E-state index in [0.29, 0.717) is 24.9 Å². The third-order valence-electron chi connectivity index (χ3n) is 5.94. The fraction of sp³-hybridized carbons (Fsp3) is 0.227. The molecule has 2 unspecified atom stereocenters. The molecule has 2 atom stereocenters. The SMILES string of the molecule is Nc1nc(-c2cc(C(F)(F)F)c3nc(C4C(c5cccc(F)c5)CCN4C=O)c(Cl)n3c2)cs1. The fourth-order valence-electron chi connectivity index (χ4n) is 4.46. The van der Waals surface area contributed by atoms with Crippen molar-refractivity contribution in [3.8, 4) is 11.3 Å². The number of thiazole rings is 1. The average Bonchev–Trinajstić information content (AvgIpc) is 3.49. The van der Waals surface area contributed by atoms with E-state index in [-0.39, 0.29) is 27.2 Å². The Bertz CT molecular complexity index is 1400. The maximum Gasteiger partial charge on any atom is 0.420 e. The van der Waals surface area contributed by atoms with E-state index in [4.69, 9.17) is 17.3 Å². The number of nitrogen functional groups attached to an aromatic ring is 1. The van der Waals surface area contributed by atoms with E-state index in [2.05, 4.69) is 9.97 Å². The molecule has 34 heavy (non-hydrogen) atoms. The molecule has 1 aliphatic rings. The highest BCUT2D eigenvalue weighted by Gasteiger charge is 2.41. The molecule has 0 spiro atoms. The minimum Gasteiger partial charge on any atom is -0.375 e. The number of anilines is 1. The van der Waals surface area contributed by atoms with Crippen LogP contribution in [0.2, 0.25) is 5.15 Å². The van der Waals surface area contributed by atoms with Gasteiger partial charge in [0.15, 0.2) is 10.8 Å². The monoisotopic (exact) mass is 509 g/mol. The van der Waals surface area contributed by atoms with E-state index in [1.54, 1.807) is 17.5 Å². The Morgan fingerprint density at radius 2 is 2.03 bits per heavy atom. The molecule has 12 heteroatoms. The summed E-state index contributed by atoms with van der Waals surface area (Å²) in [7, 11) is 0. The van der Waals surface area contributed by atoms with Crippen LogP contribution in [0.3, 0.4) is 0 Å². The lowest BCUT2D eigenvalue weighted by atomic mass is 9.90. The first-order valence-electron chi connectivity index (χ1n) is 10.1. The molecular formula is C22H16ClF4N5OS. The molecular weight excluding hydrogens is 494 g/mol. The molecule has 176 valence electrons. The molecule has 0 aliphatic carbocycles. The number of hydrogen-bond acceptors (Lipinski definition) is 5. The molecule has 0 radical (unpaired) electrons. The number of carbonyl (C=O) groups is 1. The lowest BCUT2D eigenvalue weighted by Crippen LogP contribution is -2.24. The predicted octanol–water partition coefficient (Wildman–Crippen LogP) is 5.54. The zero-order valence-corrected chi connectivity index (χ0v) is 18.8. The van der Waals surface area contributed by atoms with E-state index < -0.39 is 35.2 Å². The summed E-state index contributed by atoms with van der Waals surface area (Å²) in [6.07, 6.45) is -2.23. The average molecular weight is 510 g/mol. The van der Waals surface area contributed by atoms with Gasteiger partial charge in [-0.1, -0.05) is 23.7 Å². The molecule has 1 saturated heterocycles. The maximum absolute atomic E-state index is 14.0. The number of fused-ring (bicyclic) bond motifs is 1. The summed E-state index contributed by atoms with van der Waals surface area (Å²) in [6, 6.07) is 6.10. The van der Waals surface area contributed by atoms with Crippen molar-refractivity contribution in [1.29, 1.82) is 0 Å². The number of halogens is 5. The first-order chi connectivity index (χ1) is 16.2. The molecule has 1 amide bonds. The normalized spacial score (nSPS) is 18.7. The van der Waals surface area contributed by atoms with Crippen molar-refractivity contribution in [2.45, 2.75) is 24.6 Å². The summed E-state index contributed by atoms with van der Waals surface area (Å²) in [5.41, 5.74) is 5.42. The second kappa shape index (κ2) is 8.24. The Morgan fingerprint density at radius 1 is 1.24 bits per heavy atom. The van der Waals surface area contributed by atoms with Gasteiger partial charge >= 0.3 is 6.18 Å². The molecule has 6 nitrogen and oxygen atoms in total. The first kappa shape index (κ1) is 22.6. The molecule has 0 saturated carbocycles. The molecule has 4 aromatic rings. The van der Waals surface area contributed by atoms with Crippen molar-refractivity contribution in [3.05, 3.63) is 69.7 Å². The van der Waals surface area contributed by atoms with Crippen LogP contribution in [0.15, 0.2) is 41.9 Å². The van der Waals surface area contributed by atoms with Crippen molar-refractivity contribution >= 4 is 40.1 Å². The topological polar surface area (TPSA) is 76.5 Å². The van der Waals surface area contributed by atoms with E-state index in [9.17, 15) is 22.4 Å². The van der Waals surface area contributed by atoms with Crippen molar-refractivity contribution < 1.29 is 22.4 Å². The molecule has 2 N–H and O–H groups in total. The number of rotatable bonds is 4. The van der Waals surface area contributed by atoms with Crippen molar-refractivity contribution in [2.75, 3.05) is 12.3 Å². The van der Waals surface area contributed by atoms with Gasteiger partial charge in [0.1, 0.15) is 16.7 Å². The number of nitrogens with two attached hydrogens (primary N) is 1. The minimum absolute atomic E-state index is 0.0642. The molecule has 1 fully saturated rings. The van der Waals surface area contributed by atoms with Gasteiger partial charge in [0.2, 0.25) is 6.41 Å². The Hall–Kier alpha value is -3.18. The third-order valence-corrected chi connectivity index (χ3v) is 6.99. The molecule has 0 bridgehead atoms. The van der Waals surface area contributed by atoms with Gasteiger partial charge in [-0.2, -0.15) is 13.2 Å². The molecule has 4 heterocycles. The van der Waals surface area contributed by atoms with Gasteiger partial charge in [0.05, 0.1) is 17.3 Å². The lowest BCUT2D eigenvalue weighted by Gasteiger charge is -2.24. The first-order valence-corrected chi connectivity index (χ1v) is 11.4. The largest absolute Gasteiger partial charge is 0.420 e. The smallest absolute Gasteiger partial charge is 0.375 e. The van der Waals surface area contributed by atoms with Crippen molar-refractivity contribution in [3.63, 3.8) is 0 Å². The number of pyridine rings is 1. The van der Waals surface area contributed by atoms with Gasteiger partial charge in [0.25, 0.3) is 0 Å². The van der Waals surface area contributed by atoms with Crippen LogP contribution in [-0.4, -0.2) is 32.2 Å². The van der Waals surface area contributed by atoms with Gasteiger partial charge in [-0.15, -0.1) is 11.3 Å². The molecule has 3 aromatic heterocycles. The number of benzene rings is 1. The highest BCUT2D eigenvalue weighted by atomic mass is 35.5. The molecule has 1 aliphatic heterocycles. The van der Waals surface area contributed by atoms with E-state index in [1.807, 2.05) is 0 Å². The Balaban J connectivity index is 1.72. The van der Waals surface area contributed by atoms with Gasteiger partial charge < -0.3 is 10.6 Å². The van der Waals surface area contributed by atoms with Gasteiger partial charge in [-0.25, -0.2) is 14.4 Å². The number of imidazole rings is 1. The second-order valence-corrected chi connectivity index (χ2v) is 9.18. The highest BCUT2D eigenvalue weighted by Crippen LogP contribution is 2.46. The maximum atomic E-state index is 14.0. The van der Waals surface area contributed by atoms with E-state index in [1.165, 1.54) is 23.2 Å². The number of aromatic nitrogens is 3. The van der Waals surface area contributed by atoms with E-state index in [0.717, 1.165) is 21.8 Å². The summed E-state index contributed by atoms with van der Waals surface area (Å²) in [4.78, 5) is 21.6. The summed E-state index contributed by atoms with van der Waals surface area (Å²) < 4.78 is 57.1. The summed E-state index contributed by atoms with van der Waals surface area (Å²) in [5.74, 6) is -0.844. The Morgan fingerprint density at radius 3 is 2.68 bits per heavy atom. The van der Waals surface area contributed by atoms with Gasteiger partial charge in [-0.05, 0) is 30.2 Å². The number of nitrogens with zero attached hydrogens (tertiary/aromatic N) is 4. The second-order valence-electron chi connectivity index (χ2n) is 7.93. The number of hydrogen-bond donors (Lipinski definition) is 1. The zero-order chi connectivity index (χ0) is 24.2. The minimum atomic E-state index is -4.73. The lowest BCUT2D eigenvalue weighted by molar-refractivity contribution is -0.136. The standard InChI is InChI=1S/C22H16ClF4N5OS/c23-19-17(18-14(4-5-31(18)10-33)11-2-1-3-13(24)6-11)30-20-15(22(25,26)27)7-12(8-32(19)20)16-9-34-21(28)29-16/h1-3,6-10,14,18H,4-5H2,(H2,28,29). The van der Waals surface area contributed by atoms with Crippen LogP contribution in [0.1, 0.15) is 35.2 Å². The Kier molecular flexibility index (Phi) is 5.48. The van der Waals surface area contributed by atoms with Crippen LogP contribution >= 0.6 is 22.9 Å². The highest BCUT2D eigenvalue weighted by molar-refractivity contribution is 7.13. The zero-order valence-electron chi connectivity index (χ0n) is 17.3. The number of likely N-dealkylation sites (tertiary alicyclic amines) is 1. The number of alkyl halides is 3. The van der Waals surface area contributed by atoms with Crippen molar-refractivity contribution in [2.24, 2.45) is 0 Å². The van der Waals surface area contributed by atoms with Crippen LogP contribution in [0.4, 0.5) is 22.7 Å². The van der Waals surface area contributed by atoms with Crippen LogP contribution in [0.5, 0.6) is 0 Å². The van der Waals surface area contributed by atoms with Crippen LogP contribution in [0, 0.1) is 5.82 Å². The van der Waals surface area contributed by atoms with Crippen molar-refractivity contribution in [1.82, 2.24) is 19.3 Å². The number of carbonyl (C=O) groups excluding carboxylic acids is 1. The van der Waals surface area contributed by atoms with Gasteiger partial charge in [0, 0.05) is 29.6 Å². The fourth-order valence-corrected chi connectivity index (χ4v) is 5.32.